The van der Waals surface area contributed by atoms with E-state index in [9.17, 15) is 13.6 Å². The highest BCUT2D eigenvalue weighted by Gasteiger charge is 2.18. The summed E-state index contributed by atoms with van der Waals surface area (Å²) in [6.07, 6.45) is 0.501. The molecule has 2 atom stereocenters. The highest BCUT2D eigenvalue weighted by molar-refractivity contribution is 5.85. The second-order valence-corrected chi connectivity index (χ2v) is 3.92. The number of hydrogen-bond acceptors (Lipinski definition) is 2. The third-order valence-electron chi connectivity index (χ3n) is 2.48. The molecule has 0 saturated carbocycles. The van der Waals surface area contributed by atoms with Crippen molar-refractivity contribution < 1.29 is 13.6 Å². The van der Waals surface area contributed by atoms with Gasteiger partial charge in [-0.15, -0.1) is 12.4 Å². The Labute approximate surface area is 111 Å². The summed E-state index contributed by atoms with van der Waals surface area (Å²) in [5, 5.41) is 2.62. The second-order valence-electron chi connectivity index (χ2n) is 3.92. The van der Waals surface area contributed by atoms with Gasteiger partial charge in [-0.3, -0.25) is 4.79 Å². The third kappa shape index (κ3) is 4.23. The molecule has 1 rings (SSSR count). The summed E-state index contributed by atoms with van der Waals surface area (Å²) in [7, 11) is 0. The minimum atomic E-state index is -0.665. The predicted molar refractivity (Wildman–Crippen MR) is 68.4 cm³/mol. The fraction of sp³-hybridized carbons (Fsp3) is 0.417. The number of carbonyl (C=O) groups is 1. The van der Waals surface area contributed by atoms with Crippen LogP contribution in [-0.4, -0.2) is 11.9 Å². The minimum absolute atomic E-state index is 0. The molecule has 18 heavy (non-hydrogen) atoms. The largest absolute Gasteiger partial charge is 0.348 e. The summed E-state index contributed by atoms with van der Waals surface area (Å²) in [5.41, 5.74) is 5.68. The highest BCUT2D eigenvalue weighted by Crippen LogP contribution is 2.20. The number of rotatable bonds is 4. The van der Waals surface area contributed by atoms with Gasteiger partial charge in [0.1, 0.15) is 11.6 Å². The van der Waals surface area contributed by atoms with Gasteiger partial charge < -0.3 is 11.1 Å². The molecule has 102 valence electrons. The van der Waals surface area contributed by atoms with Crippen LogP contribution in [0.1, 0.15) is 31.9 Å². The average molecular weight is 279 g/mol. The molecule has 1 aromatic carbocycles. The molecule has 0 fully saturated rings. The maximum atomic E-state index is 13.5. The molecule has 0 spiro atoms. The van der Waals surface area contributed by atoms with Crippen LogP contribution in [0, 0.1) is 11.6 Å². The van der Waals surface area contributed by atoms with E-state index in [1.807, 2.05) is 0 Å². The number of nitrogens with two attached hydrogens (primary N) is 1. The minimum Gasteiger partial charge on any atom is -0.348 e. The first-order chi connectivity index (χ1) is 7.95. The number of nitrogens with one attached hydrogen (secondary N) is 1. The quantitative estimate of drug-likeness (QED) is 0.888. The Balaban J connectivity index is 0.00000289. The second kappa shape index (κ2) is 7.28. The van der Waals surface area contributed by atoms with Gasteiger partial charge in [0.05, 0.1) is 12.1 Å². The summed E-state index contributed by atoms with van der Waals surface area (Å²) in [6.45, 7) is 3.35. The van der Waals surface area contributed by atoms with Crippen molar-refractivity contribution in [3.63, 3.8) is 0 Å². The van der Waals surface area contributed by atoms with E-state index < -0.39 is 23.7 Å². The summed E-state index contributed by atoms with van der Waals surface area (Å²) < 4.78 is 26.3. The lowest BCUT2D eigenvalue weighted by molar-refractivity contribution is -0.122. The van der Waals surface area contributed by atoms with E-state index in [2.05, 4.69) is 5.32 Å². The van der Waals surface area contributed by atoms with Gasteiger partial charge in [0, 0.05) is 11.6 Å². The van der Waals surface area contributed by atoms with Crippen LogP contribution in [-0.2, 0) is 4.79 Å². The molecular weight excluding hydrogens is 262 g/mol. The molecule has 0 aliphatic heterocycles. The smallest absolute Gasteiger partial charge is 0.237 e. The summed E-state index contributed by atoms with van der Waals surface area (Å²) >= 11 is 0. The fourth-order valence-corrected chi connectivity index (χ4v) is 1.49. The van der Waals surface area contributed by atoms with E-state index in [0.717, 1.165) is 6.07 Å². The molecule has 1 amide bonds. The van der Waals surface area contributed by atoms with E-state index in [4.69, 9.17) is 5.73 Å². The molecule has 0 bridgehead atoms. The number of amides is 1. The van der Waals surface area contributed by atoms with E-state index in [0.29, 0.717) is 6.42 Å². The van der Waals surface area contributed by atoms with Gasteiger partial charge in [-0.25, -0.2) is 8.78 Å². The average Bonchev–Trinajstić information content (AvgIpc) is 2.26. The number of hydrogen-bond donors (Lipinski definition) is 2. The van der Waals surface area contributed by atoms with Gasteiger partial charge in [0.2, 0.25) is 5.91 Å². The lowest BCUT2D eigenvalue weighted by Crippen LogP contribution is -2.40. The first kappa shape index (κ1) is 16.8. The molecule has 3 nitrogen and oxygen atoms in total. The van der Waals surface area contributed by atoms with Crippen molar-refractivity contribution in [2.75, 3.05) is 0 Å². The standard InChI is InChI=1S/C12H16F2N2O.ClH/c1-3-11(16-12(17)7(2)15)9-5-4-8(13)6-10(9)14;/h4-7,11H,3,15H2,1-2H3,(H,16,17);1H/t7-,11?;/m0./s1. The zero-order chi connectivity index (χ0) is 13.0. The molecule has 0 radical (unpaired) electrons. The molecule has 3 N–H and O–H groups in total. The Kier molecular flexibility index (Phi) is 6.80. The van der Waals surface area contributed by atoms with Crippen molar-refractivity contribution in [3.8, 4) is 0 Å². The van der Waals surface area contributed by atoms with Crippen LogP contribution in [0.15, 0.2) is 18.2 Å². The van der Waals surface area contributed by atoms with Gasteiger partial charge in [0.15, 0.2) is 0 Å². The lowest BCUT2D eigenvalue weighted by Gasteiger charge is -2.19. The molecule has 0 heterocycles. The van der Waals surface area contributed by atoms with Gasteiger partial charge >= 0.3 is 0 Å². The van der Waals surface area contributed by atoms with E-state index >= 15 is 0 Å². The number of halogens is 3. The Hall–Kier alpha value is -1.20. The van der Waals surface area contributed by atoms with Gasteiger partial charge in [-0.05, 0) is 19.4 Å². The molecule has 0 aliphatic carbocycles. The predicted octanol–water partition coefficient (Wildman–Crippen LogP) is 2.30. The third-order valence-corrected chi connectivity index (χ3v) is 2.48. The molecule has 1 unspecified atom stereocenters. The molecule has 0 aliphatic rings. The van der Waals surface area contributed by atoms with Crippen molar-refractivity contribution in [2.24, 2.45) is 5.73 Å². The van der Waals surface area contributed by atoms with Crippen LogP contribution in [0.4, 0.5) is 8.78 Å². The zero-order valence-corrected chi connectivity index (χ0v) is 11.1. The Morgan fingerprint density at radius 2 is 2.06 bits per heavy atom. The molecular formula is C12H17ClF2N2O. The first-order valence-corrected chi connectivity index (χ1v) is 5.46. The normalized spacial score (nSPS) is 13.4. The van der Waals surface area contributed by atoms with Crippen LogP contribution >= 0.6 is 12.4 Å². The molecule has 6 heteroatoms. The number of benzene rings is 1. The van der Waals surface area contributed by atoms with Crippen LogP contribution in [0.25, 0.3) is 0 Å². The van der Waals surface area contributed by atoms with Gasteiger partial charge in [-0.1, -0.05) is 13.0 Å². The van der Waals surface area contributed by atoms with E-state index in [1.54, 1.807) is 13.8 Å². The Bertz CT molecular complexity index is 413. The van der Waals surface area contributed by atoms with Crippen molar-refractivity contribution in [2.45, 2.75) is 32.4 Å². The molecule has 0 aromatic heterocycles. The SMILES string of the molecule is CCC(NC(=O)[C@H](C)N)c1ccc(F)cc1F.Cl. The van der Waals surface area contributed by atoms with Gasteiger partial charge in [0.25, 0.3) is 0 Å². The van der Waals surface area contributed by atoms with Crippen molar-refractivity contribution in [1.29, 1.82) is 0 Å². The molecule has 1 aromatic rings. The monoisotopic (exact) mass is 278 g/mol. The Morgan fingerprint density at radius 3 is 2.50 bits per heavy atom. The van der Waals surface area contributed by atoms with Crippen molar-refractivity contribution in [3.05, 3.63) is 35.4 Å². The summed E-state index contributed by atoms with van der Waals surface area (Å²) in [6, 6.07) is 2.15. The summed E-state index contributed by atoms with van der Waals surface area (Å²) in [4.78, 5) is 11.4. The number of carbonyl (C=O) groups excluding carboxylic acids is 1. The first-order valence-electron chi connectivity index (χ1n) is 5.46. The van der Waals surface area contributed by atoms with Crippen LogP contribution in [0.2, 0.25) is 0 Å². The van der Waals surface area contributed by atoms with Gasteiger partial charge in [-0.2, -0.15) is 0 Å². The zero-order valence-electron chi connectivity index (χ0n) is 10.2. The fourth-order valence-electron chi connectivity index (χ4n) is 1.49. The van der Waals surface area contributed by atoms with E-state index in [-0.39, 0.29) is 23.9 Å². The maximum Gasteiger partial charge on any atom is 0.237 e. The lowest BCUT2D eigenvalue weighted by atomic mass is 10.0. The summed E-state index contributed by atoms with van der Waals surface area (Å²) in [5.74, 6) is -1.66. The highest BCUT2D eigenvalue weighted by atomic mass is 35.5. The topological polar surface area (TPSA) is 55.1 Å². The molecule has 0 saturated heterocycles. The van der Waals surface area contributed by atoms with Crippen molar-refractivity contribution >= 4 is 18.3 Å². The van der Waals surface area contributed by atoms with Crippen LogP contribution in [0.3, 0.4) is 0 Å². The van der Waals surface area contributed by atoms with Crippen LogP contribution in [0.5, 0.6) is 0 Å². The Morgan fingerprint density at radius 1 is 1.44 bits per heavy atom. The van der Waals surface area contributed by atoms with E-state index in [1.165, 1.54) is 12.1 Å². The van der Waals surface area contributed by atoms with Crippen molar-refractivity contribution in [1.82, 2.24) is 5.32 Å². The van der Waals surface area contributed by atoms with Crippen LogP contribution < -0.4 is 11.1 Å². The maximum absolute atomic E-state index is 13.5.